The Morgan fingerprint density at radius 3 is 2.06 bits per heavy atom. The van der Waals surface area contributed by atoms with Gasteiger partial charge in [0.1, 0.15) is 11.6 Å². The van der Waals surface area contributed by atoms with Gasteiger partial charge in [0.05, 0.1) is 5.56 Å². The Balaban J connectivity index is 1.49. The summed E-state index contributed by atoms with van der Waals surface area (Å²) in [6.07, 6.45) is -2.16. The molecule has 178 valence electrons. The van der Waals surface area contributed by atoms with Gasteiger partial charge in [-0.15, -0.1) is 0 Å². The van der Waals surface area contributed by atoms with Crippen LogP contribution in [0.1, 0.15) is 46.7 Å². The van der Waals surface area contributed by atoms with E-state index in [-0.39, 0.29) is 18.7 Å². The van der Waals surface area contributed by atoms with Gasteiger partial charge in [-0.3, -0.25) is 0 Å². The van der Waals surface area contributed by atoms with Gasteiger partial charge in [-0.25, -0.2) is 8.78 Å². The zero-order valence-electron chi connectivity index (χ0n) is 19.1. The number of hydrogen-bond acceptors (Lipinski definition) is 0. The number of alkyl halides is 3. The zero-order chi connectivity index (χ0) is 25.0. The average Bonchev–Trinajstić information content (AvgIpc) is 2.82. The van der Waals surface area contributed by atoms with Crippen LogP contribution in [0.4, 0.5) is 22.0 Å². The predicted octanol–water partition coefficient (Wildman–Crippen LogP) is 8.27. The maximum atomic E-state index is 15.1. The molecule has 0 fully saturated rings. The molecule has 0 nitrogen and oxygen atoms in total. The molecule has 4 aromatic carbocycles. The van der Waals surface area contributed by atoms with E-state index in [0.717, 1.165) is 36.1 Å². The number of halogens is 5. The third-order valence-electron chi connectivity index (χ3n) is 5.90. The summed E-state index contributed by atoms with van der Waals surface area (Å²) < 4.78 is 67.1. The first-order valence-corrected chi connectivity index (χ1v) is 11.4. The molecular formula is C30H23F5. The topological polar surface area (TPSA) is 0 Å². The summed E-state index contributed by atoms with van der Waals surface area (Å²) in [6.45, 7) is 2.14. The number of aryl methyl sites for hydroxylation is 3. The van der Waals surface area contributed by atoms with Crippen molar-refractivity contribution in [1.82, 2.24) is 0 Å². The molecule has 0 unspecified atom stereocenters. The van der Waals surface area contributed by atoms with Gasteiger partial charge in [0.15, 0.2) is 0 Å². The summed E-state index contributed by atoms with van der Waals surface area (Å²) in [5, 5.41) is 1.15. The van der Waals surface area contributed by atoms with E-state index in [4.69, 9.17) is 0 Å². The molecule has 0 saturated carbocycles. The highest BCUT2D eigenvalue weighted by Crippen LogP contribution is 2.32. The van der Waals surface area contributed by atoms with Crippen LogP contribution in [0.25, 0.3) is 10.8 Å². The Labute approximate surface area is 201 Å². The first kappa shape index (κ1) is 24.5. The normalized spacial score (nSPS) is 11.4. The van der Waals surface area contributed by atoms with Crippen molar-refractivity contribution in [3.63, 3.8) is 0 Å². The van der Waals surface area contributed by atoms with Gasteiger partial charge in [0.2, 0.25) is 0 Å². The third kappa shape index (κ3) is 5.89. The second-order valence-corrected chi connectivity index (χ2v) is 8.48. The molecule has 5 heteroatoms. The van der Waals surface area contributed by atoms with E-state index in [1.54, 1.807) is 24.3 Å². The zero-order valence-corrected chi connectivity index (χ0v) is 19.1. The van der Waals surface area contributed by atoms with Crippen molar-refractivity contribution >= 4 is 10.8 Å². The van der Waals surface area contributed by atoms with Crippen LogP contribution in [0.15, 0.2) is 72.8 Å². The summed E-state index contributed by atoms with van der Waals surface area (Å²) >= 11 is 0. The molecule has 0 amide bonds. The molecular weight excluding hydrogens is 455 g/mol. The van der Waals surface area contributed by atoms with E-state index in [1.165, 1.54) is 11.6 Å². The molecule has 0 aliphatic heterocycles. The lowest BCUT2D eigenvalue weighted by Gasteiger charge is -2.10. The van der Waals surface area contributed by atoms with Crippen molar-refractivity contribution in [2.45, 2.75) is 38.8 Å². The minimum atomic E-state index is -4.74. The van der Waals surface area contributed by atoms with Crippen LogP contribution in [-0.4, -0.2) is 0 Å². The molecule has 0 aromatic heterocycles. The second-order valence-electron chi connectivity index (χ2n) is 8.48. The lowest BCUT2D eigenvalue weighted by molar-refractivity contribution is -0.140. The number of benzene rings is 4. The molecule has 4 aromatic rings. The van der Waals surface area contributed by atoms with Gasteiger partial charge in [-0.05, 0) is 77.7 Å². The largest absolute Gasteiger partial charge is 0.419 e. The molecule has 0 radical (unpaired) electrons. The first-order chi connectivity index (χ1) is 16.7. The summed E-state index contributed by atoms with van der Waals surface area (Å²) in [6, 6.07) is 19.7. The maximum absolute atomic E-state index is 15.1. The van der Waals surface area contributed by atoms with Gasteiger partial charge in [0, 0.05) is 16.5 Å². The average molecular weight is 479 g/mol. The fourth-order valence-electron chi connectivity index (χ4n) is 4.02. The van der Waals surface area contributed by atoms with Gasteiger partial charge in [-0.1, -0.05) is 61.6 Å². The van der Waals surface area contributed by atoms with Crippen LogP contribution < -0.4 is 0 Å². The van der Waals surface area contributed by atoms with E-state index >= 15 is 4.39 Å². The Morgan fingerprint density at radius 1 is 0.686 bits per heavy atom. The first-order valence-electron chi connectivity index (χ1n) is 11.4. The molecule has 0 aliphatic carbocycles. The Morgan fingerprint density at radius 2 is 1.37 bits per heavy atom. The van der Waals surface area contributed by atoms with Crippen molar-refractivity contribution < 1.29 is 22.0 Å². The van der Waals surface area contributed by atoms with Crippen molar-refractivity contribution in [3.05, 3.63) is 118 Å². The summed E-state index contributed by atoms with van der Waals surface area (Å²) in [7, 11) is 0. The fourth-order valence-corrected chi connectivity index (χ4v) is 4.02. The summed E-state index contributed by atoms with van der Waals surface area (Å²) in [4.78, 5) is 0. The number of rotatable bonds is 5. The maximum Gasteiger partial charge on any atom is 0.419 e. The smallest absolute Gasteiger partial charge is 0.206 e. The van der Waals surface area contributed by atoms with E-state index in [2.05, 4.69) is 30.9 Å². The standard InChI is InChI=1S/C30H23F5/c1-2-3-20-4-6-21(7-5-20)8-9-22-11-16-26-25(18-22)15-14-24(29(26)32)13-10-23-12-17-27(28(31)19-23)30(33,34)35/h4-7,11-12,14-19H,2-3,10,13H2,1H3. The number of fused-ring (bicyclic) bond motifs is 1. The Hall–Kier alpha value is -3.65. The van der Waals surface area contributed by atoms with E-state index in [9.17, 15) is 17.6 Å². The Kier molecular flexibility index (Phi) is 7.21. The SMILES string of the molecule is CCCc1ccc(C#Cc2ccc3c(F)c(CCc4ccc(C(F)(F)F)c(F)c4)ccc3c2)cc1. The predicted molar refractivity (Wildman–Crippen MR) is 129 cm³/mol. The molecule has 4 rings (SSSR count). The van der Waals surface area contributed by atoms with E-state index < -0.39 is 17.6 Å². The van der Waals surface area contributed by atoms with Crippen LogP contribution in [0.5, 0.6) is 0 Å². The van der Waals surface area contributed by atoms with Gasteiger partial charge in [-0.2, -0.15) is 13.2 Å². The van der Waals surface area contributed by atoms with Crippen molar-refractivity contribution in [1.29, 1.82) is 0 Å². The molecule has 35 heavy (non-hydrogen) atoms. The van der Waals surface area contributed by atoms with Crippen molar-refractivity contribution in [3.8, 4) is 11.8 Å². The molecule has 0 saturated heterocycles. The molecule has 0 spiro atoms. The van der Waals surface area contributed by atoms with Crippen molar-refractivity contribution in [2.24, 2.45) is 0 Å². The van der Waals surface area contributed by atoms with Crippen LogP contribution >= 0.6 is 0 Å². The lowest BCUT2D eigenvalue weighted by atomic mass is 9.98. The third-order valence-corrected chi connectivity index (χ3v) is 5.90. The van der Waals surface area contributed by atoms with Crippen LogP contribution in [0.3, 0.4) is 0 Å². The highest BCUT2D eigenvalue weighted by Gasteiger charge is 2.33. The van der Waals surface area contributed by atoms with Crippen molar-refractivity contribution in [2.75, 3.05) is 0 Å². The van der Waals surface area contributed by atoms with Crippen LogP contribution in [0.2, 0.25) is 0 Å². The molecule has 0 heterocycles. The fraction of sp³-hybridized carbons (Fsp3) is 0.200. The van der Waals surface area contributed by atoms with Crippen LogP contribution in [0, 0.1) is 23.5 Å². The second kappa shape index (κ2) is 10.3. The monoisotopic (exact) mass is 478 g/mol. The highest BCUT2D eigenvalue weighted by atomic mass is 19.4. The van der Waals surface area contributed by atoms with Crippen LogP contribution in [-0.2, 0) is 25.4 Å². The minimum Gasteiger partial charge on any atom is -0.206 e. The molecule has 0 bridgehead atoms. The van der Waals surface area contributed by atoms with Gasteiger partial charge in [0.25, 0.3) is 0 Å². The lowest BCUT2D eigenvalue weighted by Crippen LogP contribution is -2.08. The van der Waals surface area contributed by atoms with Gasteiger partial charge < -0.3 is 0 Å². The molecule has 0 atom stereocenters. The van der Waals surface area contributed by atoms with Gasteiger partial charge >= 0.3 is 6.18 Å². The van der Waals surface area contributed by atoms with E-state index in [0.29, 0.717) is 21.9 Å². The minimum absolute atomic E-state index is 0.220. The summed E-state index contributed by atoms with van der Waals surface area (Å²) in [5.41, 5.74) is 2.45. The Bertz CT molecular complexity index is 1400. The summed E-state index contributed by atoms with van der Waals surface area (Å²) in [5.74, 6) is 4.54. The molecule has 0 N–H and O–H groups in total. The highest BCUT2D eigenvalue weighted by molar-refractivity contribution is 5.85. The number of hydrogen-bond donors (Lipinski definition) is 0. The molecule has 0 aliphatic rings. The van der Waals surface area contributed by atoms with E-state index in [1.807, 2.05) is 18.2 Å². The quantitative estimate of drug-likeness (QED) is 0.200.